The highest BCUT2D eigenvalue weighted by Crippen LogP contribution is 2.35. The van der Waals surface area contributed by atoms with Gasteiger partial charge in [0.15, 0.2) is 0 Å². The van der Waals surface area contributed by atoms with Gasteiger partial charge in [0.2, 0.25) is 5.88 Å². The number of carbonyl (C=O) groups excluding carboxylic acids is 1. The average molecular weight is 372 g/mol. The van der Waals surface area contributed by atoms with Crippen LogP contribution >= 0.6 is 11.8 Å². The molecule has 26 heavy (non-hydrogen) atoms. The van der Waals surface area contributed by atoms with E-state index < -0.39 is 0 Å². The van der Waals surface area contributed by atoms with Gasteiger partial charge in [-0.25, -0.2) is 9.97 Å². The minimum Gasteiger partial charge on any atom is -0.475 e. The summed E-state index contributed by atoms with van der Waals surface area (Å²) in [5.74, 6) is 0.451. The minimum absolute atomic E-state index is 0.0343. The van der Waals surface area contributed by atoms with Crippen molar-refractivity contribution in [3.63, 3.8) is 0 Å². The van der Waals surface area contributed by atoms with Crippen LogP contribution in [0.25, 0.3) is 0 Å². The van der Waals surface area contributed by atoms with Crippen LogP contribution in [-0.4, -0.2) is 27.2 Å². The Balaban J connectivity index is 1.67. The molecule has 2 aromatic rings. The summed E-state index contributed by atoms with van der Waals surface area (Å²) in [6.07, 6.45) is 8.43. The molecule has 0 unspecified atom stereocenters. The Labute approximate surface area is 159 Å². The first kappa shape index (κ1) is 18.7. The van der Waals surface area contributed by atoms with Crippen molar-refractivity contribution >= 4 is 17.7 Å². The van der Waals surface area contributed by atoms with Crippen molar-refractivity contribution in [3.8, 4) is 5.88 Å². The van der Waals surface area contributed by atoms with Crippen LogP contribution < -0.4 is 10.1 Å². The number of thioether (sulfide) groups is 1. The molecule has 5 nitrogen and oxygen atoms in total. The summed E-state index contributed by atoms with van der Waals surface area (Å²) in [6.45, 7) is 4.29. The quantitative estimate of drug-likeness (QED) is 0.789. The predicted molar refractivity (Wildman–Crippen MR) is 104 cm³/mol. The molecule has 0 saturated heterocycles. The zero-order valence-corrected chi connectivity index (χ0v) is 16.1. The normalized spacial score (nSPS) is 14.6. The monoisotopic (exact) mass is 371 g/mol. The number of amides is 1. The second kappa shape index (κ2) is 9.03. The van der Waals surface area contributed by atoms with Gasteiger partial charge in [-0.2, -0.15) is 0 Å². The molecular formula is C20H25N3O2S. The summed E-state index contributed by atoms with van der Waals surface area (Å²) in [5.41, 5.74) is 1.50. The summed E-state index contributed by atoms with van der Waals surface area (Å²) in [7, 11) is 0. The number of nitrogens with one attached hydrogen (secondary N) is 1. The van der Waals surface area contributed by atoms with Crippen molar-refractivity contribution in [3.05, 3.63) is 47.8 Å². The van der Waals surface area contributed by atoms with Crippen molar-refractivity contribution < 1.29 is 9.53 Å². The number of hydrogen-bond donors (Lipinski definition) is 1. The third-order valence-electron chi connectivity index (χ3n) is 4.23. The molecular weight excluding hydrogens is 346 g/mol. The summed E-state index contributed by atoms with van der Waals surface area (Å²) in [6, 6.07) is 7.42. The molecule has 0 atom stereocenters. The SMILES string of the molecule is CC(C)Oc1ncccc1CNC(=O)c1cccnc1SC1CCCC1. The van der Waals surface area contributed by atoms with Crippen LogP contribution in [0.5, 0.6) is 5.88 Å². The second-order valence-electron chi connectivity index (χ2n) is 6.70. The van der Waals surface area contributed by atoms with E-state index in [-0.39, 0.29) is 12.0 Å². The fraction of sp³-hybridized carbons (Fsp3) is 0.450. The third-order valence-corrected chi connectivity index (χ3v) is 5.59. The van der Waals surface area contributed by atoms with Crippen molar-refractivity contribution in [1.29, 1.82) is 0 Å². The first-order valence-corrected chi connectivity index (χ1v) is 10.0. The molecule has 1 amide bonds. The van der Waals surface area contributed by atoms with Gasteiger partial charge in [-0.3, -0.25) is 4.79 Å². The highest BCUT2D eigenvalue weighted by molar-refractivity contribution is 7.99. The first-order valence-electron chi connectivity index (χ1n) is 9.14. The Morgan fingerprint density at radius 1 is 1.23 bits per heavy atom. The maximum absolute atomic E-state index is 12.7. The van der Waals surface area contributed by atoms with Gasteiger partial charge in [0.1, 0.15) is 5.03 Å². The predicted octanol–water partition coefficient (Wildman–Crippen LogP) is 4.23. The van der Waals surface area contributed by atoms with Gasteiger partial charge in [0, 0.05) is 29.8 Å². The maximum atomic E-state index is 12.7. The second-order valence-corrected chi connectivity index (χ2v) is 7.99. The van der Waals surface area contributed by atoms with Crippen LogP contribution in [0.4, 0.5) is 0 Å². The Morgan fingerprint density at radius 3 is 2.73 bits per heavy atom. The van der Waals surface area contributed by atoms with Gasteiger partial charge in [0.25, 0.3) is 5.91 Å². The summed E-state index contributed by atoms with van der Waals surface area (Å²) >= 11 is 1.73. The molecule has 138 valence electrons. The lowest BCUT2D eigenvalue weighted by Gasteiger charge is -2.14. The molecule has 0 radical (unpaired) electrons. The number of ether oxygens (including phenoxy) is 1. The number of carbonyl (C=O) groups is 1. The molecule has 0 spiro atoms. The largest absolute Gasteiger partial charge is 0.475 e. The van der Waals surface area contributed by atoms with E-state index in [0.29, 0.717) is 23.2 Å². The van der Waals surface area contributed by atoms with E-state index in [0.717, 1.165) is 10.6 Å². The first-order chi connectivity index (χ1) is 12.6. The lowest BCUT2D eigenvalue weighted by atomic mass is 10.2. The zero-order valence-electron chi connectivity index (χ0n) is 15.3. The van der Waals surface area contributed by atoms with Crippen LogP contribution in [-0.2, 0) is 6.54 Å². The lowest BCUT2D eigenvalue weighted by molar-refractivity contribution is 0.0946. The maximum Gasteiger partial charge on any atom is 0.254 e. The smallest absolute Gasteiger partial charge is 0.254 e. The Hall–Kier alpha value is -2.08. The summed E-state index contributed by atoms with van der Waals surface area (Å²) in [4.78, 5) is 21.4. The van der Waals surface area contributed by atoms with Crippen molar-refractivity contribution in [2.24, 2.45) is 0 Å². The molecule has 0 aliphatic heterocycles. The van der Waals surface area contributed by atoms with E-state index in [1.807, 2.05) is 38.1 Å². The van der Waals surface area contributed by atoms with E-state index in [4.69, 9.17) is 4.74 Å². The standard InChI is InChI=1S/C20H25N3O2S/c1-14(2)25-19-15(7-5-11-21-19)13-23-18(24)17-10-6-12-22-20(17)26-16-8-3-4-9-16/h5-7,10-12,14,16H,3-4,8-9,13H2,1-2H3,(H,23,24). The van der Waals surface area contributed by atoms with E-state index in [2.05, 4.69) is 15.3 Å². The van der Waals surface area contributed by atoms with Crippen molar-refractivity contribution in [1.82, 2.24) is 15.3 Å². The average Bonchev–Trinajstić information content (AvgIpc) is 3.14. The summed E-state index contributed by atoms with van der Waals surface area (Å²) in [5, 5.41) is 4.37. The number of hydrogen-bond acceptors (Lipinski definition) is 5. The summed E-state index contributed by atoms with van der Waals surface area (Å²) < 4.78 is 5.72. The molecule has 1 aliphatic rings. The van der Waals surface area contributed by atoms with Crippen LogP contribution in [0.3, 0.4) is 0 Å². The topological polar surface area (TPSA) is 64.1 Å². The van der Waals surface area contributed by atoms with Gasteiger partial charge < -0.3 is 10.1 Å². The van der Waals surface area contributed by atoms with E-state index in [1.165, 1.54) is 25.7 Å². The molecule has 0 bridgehead atoms. The zero-order chi connectivity index (χ0) is 18.4. The van der Waals surface area contributed by atoms with E-state index in [9.17, 15) is 4.79 Å². The van der Waals surface area contributed by atoms with E-state index in [1.54, 1.807) is 24.2 Å². The molecule has 2 aromatic heterocycles. The molecule has 2 heterocycles. The van der Waals surface area contributed by atoms with Crippen LogP contribution in [0, 0.1) is 0 Å². The Kier molecular flexibility index (Phi) is 6.50. The highest BCUT2D eigenvalue weighted by Gasteiger charge is 2.20. The molecule has 0 aromatic carbocycles. The number of nitrogens with zero attached hydrogens (tertiary/aromatic N) is 2. The van der Waals surface area contributed by atoms with Gasteiger partial charge in [-0.05, 0) is 44.9 Å². The van der Waals surface area contributed by atoms with Gasteiger partial charge in [-0.1, -0.05) is 18.9 Å². The van der Waals surface area contributed by atoms with Gasteiger partial charge >= 0.3 is 0 Å². The molecule has 3 rings (SSSR count). The number of aromatic nitrogens is 2. The van der Waals surface area contributed by atoms with Crippen LogP contribution in [0.1, 0.15) is 55.5 Å². The molecule has 1 fully saturated rings. The van der Waals surface area contributed by atoms with Crippen LogP contribution in [0.15, 0.2) is 41.7 Å². The number of pyridine rings is 2. The molecule has 1 N–H and O–H groups in total. The molecule has 1 saturated carbocycles. The lowest BCUT2D eigenvalue weighted by Crippen LogP contribution is -2.24. The fourth-order valence-corrected chi connectivity index (χ4v) is 4.27. The van der Waals surface area contributed by atoms with E-state index >= 15 is 0 Å². The third kappa shape index (κ3) is 4.97. The van der Waals surface area contributed by atoms with Gasteiger partial charge in [-0.15, -0.1) is 11.8 Å². The molecule has 6 heteroatoms. The van der Waals surface area contributed by atoms with Crippen molar-refractivity contribution in [2.75, 3.05) is 0 Å². The van der Waals surface area contributed by atoms with Crippen LogP contribution in [0.2, 0.25) is 0 Å². The highest BCUT2D eigenvalue weighted by atomic mass is 32.2. The Bertz CT molecular complexity index is 745. The van der Waals surface area contributed by atoms with Gasteiger partial charge in [0.05, 0.1) is 11.7 Å². The Morgan fingerprint density at radius 2 is 1.96 bits per heavy atom. The fourth-order valence-electron chi connectivity index (χ4n) is 2.98. The molecule has 1 aliphatic carbocycles. The minimum atomic E-state index is -0.113. The number of rotatable bonds is 7. The van der Waals surface area contributed by atoms with Crippen molar-refractivity contribution in [2.45, 2.75) is 62.5 Å².